The third-order valence-electron chi connectivity index (χ3n) is 3.74. The normalized spacial score (nSPS) is 10.5. The summed E-state index contributed by atoms with van der Waals surface area (Å²) in [4.78, 5) is 24.1. The number of ether oxygens (including phenoxy) is 1. The van der Waals surface area contributed by atoms with Crippen LogP contribution in [0.15, 0.2) is 54.7 Å². The van der Waals surface area contributed by atoms with Gasteiger partial charge in [-0.25, -0.2) is 9.48 Å². The molecule has 1 heterocycles. The molecule has 0 radical (unpaired) electrons. The fourth-order valence-electron chi connectivity index (χ4n) is 2.39. The van der Waals surface area contributed by atoms with Crippen LogP contribution in [0, 0.1) is 6.92 Å². The molecule has 27 heavy (non-hydrogen) atoms. The van der Waals surface area contributed by atoms with Gasteiger partial charge in [-0.15, -0.1) is 0 Å². The SMILES string of the molecule is Cc1ccnn1-c1ccc(C(=O)OCC(=O)Nc2c(Cl)cccc2Cl)cc1. The van der Waals surface area contributed by atoms with Crippen molar-refractivity contribution in [1.82, 2.24) is 9.78 Å². The Morgan fingerprint density at radius 2 is 1.74 bits per heavy atom. The number of halogens is 2. The van der Waals surface area contributed by atoms with E-state index in [4.69, 9.17) is 27.9 Å². The number of aryl methyl sites for hydroxylation is 1. The molecular weight excluding hydrogens is 389 g/mol. The van der Waals surface area contributed by atoms with E-state index < -0.39 is 18.5 Å². The minimum Gasteiger partial charge on any atom is -0.452 e. The van der Waals surface area contributed by atoms with Crippen LogP contribution in [0.2, 0.25) is 10.0 Å². The van der Waals surface area contributed by atoms with Crippen molar-refractivity contribution in [2.75, 3.05) is 11.9 Å². The van der Waals surface area contributed by atoms with Crippen LogP contribution in [0.4, 0.5) is 5.69 Å². The monoisotopic (exact) mass is 403 g/mol. The fraction of sp³-hybridized carbons (Fsp3) is 0.105. The van der Waals surface area contributed by atoms with Gasteiger partial charge in [0.25, 0.3) is 5.91 Å². The van der Waals surface area contributed by atoms with Gasteiger partial charge in [-0.05, 0) is 49.4 Å². The lowest BCUT2D eigenvalue weighted by molar-refractivity contribution is -0.119. The molecule has 0 aliphatic heterocycles. The van der Waals surface area contributed by atoms with Crippen molar-refractivity contribution in [3.63, 3.8) is 0 Å². The number of hydrogen-bond acceptors (Lipinski definition) is 4. The summed E-state index contributed by atoms with van der Waals surface area (Å²) in [5.41, 5.74) is 2.40. The van der Waals surface area contributed by atoms with E-state index in [1.165, 1.54) is 0 Å². The molecule has 0 fully saturated rings. The van der Waals surface area contributed by atoms with Crippen LogP contribution in [-0.2, 0) is 9.53 Å². The zero-order chi connectivity index (χ0) is 19.4. The molecule has 1 amide bonds. The van der Waals surface area contributed by atoms with Gasteiger partial charge in [0.1, 0.15) is 0 Å². The minimum atomic E-state index is -0.612. The summed E-state index contributed by atoms with van der Waals surface area (Å²) in [7, 11) is 0. The summed E-state index contributed by atoms with van der Waals surface area (Å²) in [5, 5.41) is 7.32. The van der Waals surface area contributed by atoms with Gasteiger partial charge in [-0.1, -0.05) is 29.3 Å². The van der Waals surface area contributed by atoms with Crippen molar-refractivity contribution in [1.29, 1.82) is 0 Å². The first-order valence-corrected chi connectivity index (χ1v) is 8.73. The van der Waals surface area contributed by atoms with Gasteiger partial charge in [0, 0.05) is 11.9 Å². The molecule has 2 aromatic carbocycles. The van der Waals surface area contributed by atoms with Crippen LogP contribution in [-0.4, -0.2) is 28.3 Å². The van der Waals surface area contributed by atoms with Gasteiger partial charge in [0.2, 0.25) is 0 Å². The first-order chi connectivity index (χ1) is 13.0. The van der Waals surface area contributed by atoms with Crippen molar-refractivity contribution in [3.05, 3.63) is 76.0 Å². The number of hydrogen-bond donors (Lipinski definition) is 1. The van der Waals surface area contributed by atoms with Crippen LogP contribution < -0.4 is 5.32 Å². The van der Waals surface area contributed by atoms with Crippen LogP contribution in [0.25, 0.3) is 5.69 Å². The topological polar surface area (TPSA) is 73.2 Å². The number of nitrogens with zero attached hydrogens (tertiary/aromatic N) is 2. The molecule has 0 spiro atoms. The lowest BCUT2D eigenvalue weighted by Crippen LogP contribution is -2.21. The van der Waals surface area contributed by atoms with Crippen molar-refractivity contribution in [2.45, 2.75) is 6.92 Å². The Morgan fingerprint density at radius 3 is 2.33 bits per heavy atom. The van der Waals surface area contributed by atoms with Gasteiger partial charge in [-0.2, -0.15) is 5.10 Å². The predicted molar refractivity (Wildman–Crippen MR) is 104 cm³/mol. The molecule has 1 N–H and O–H groups in total. The number of para-hydroxylation sites is 1. The molecule has 0 unspecified atom stereocenters. The van der Waals surface area contributed by atoms with Crippen molar-refractivity contribution in [2.24, 2.45) is 0 Å². The standard InChI is InChI=1S/C19H15Cl2N3O3/c1-12-9-10-22-24(12)14-7-5-13(6-8-14)19(26)27-11-17(25)23-18-15(20)3-2-4-16(18)21/h2-10H,11H2,1H3,(H,23,25). The number of rotatable bonds is 5. The second kappa shape index (κ2) is 8.24. The number of anilines is 1. The maximum atomic E-state index is 12.1. The summed E-state index contributed by atoms with van der Waals surface area (Å²) >= 11 is 12.0. The predicted octanol–water partition coefficient (Wildman–Crippen LogP) is 4.28. The molecule has 138 valence electrons. The highest BCUT2D eigenvalue weighted by atomic mass is 35.5. The molecule has 0 aliphatic carbocycles. The highest BCUT2D eigenvalue weighted by molar-refractivity contribution is 6.39. The summed E-state index contributed by atoms with van der Waals surface area (Å²) in [5.74, 6) is -1.15. The number of amides is 1. The van der Waals surface area contributed by atoms with Crippen molar-refractivity contribution >= 4 is 40.8 Å². The smallest absolute Gasteiger partial charge is 0.338 e. The Kier molecular flexibility index (Phi) is 5.78. The highest BCUT2D eigenvalue weighted by Gasteiger charge is 2.13. The molecule has 0 saturated heterocycles. The van der Waals surface area contributed by atoms with E-state index in [1.807, 2.05) is 13.0 Å². The maximum absolute atomic E-state index is 12.1. The molecule has 0 atom stereocenters. The largest absolute Gasteiger partial charge is 0.452 e. The lowest BCUT2D eigenvalue weighted by Gasteiger charge is -2.10. The Hall–Kier alpha value is -2.83. The Morgan fingerprint density at radius 1 is 1.07 bits per heavy atom. The number of nitrogens with one attached hydrogen (secondary N) is 1. The number of carbonyl (C=O) groups is 2. The second-order valence-electron chi connectivity index (χ2n) is 5.65. The van der Waals surface area contributed by atoms with E-state index in [9.17, 15) is 9.59 Å². The molecular formula is C19H15Cl2N3O3. The molecule has 8 heteroatoms. The Balaban J connectivity index is 1.59. The number of carbonyl (C=O) groups excluding carboxylic acids is 2. The van der Waals surface area contributed by atoms with E-state index in [1.54, 1.807) is 53.3 Å². The zero-order valence-electron chi connectivity index (χ0n) is 14.3. The van der Waals surface area contributed by atoms with E-state index in [0.29, 0.717) is 15.6 Å². The maximum Gasteiger partial charge on any atom is 0.338 e. The zero-order valence-corrected chi connectivity index (χ0v) is 15.8. The Labute approximate surface area is 165 Å². The van der Waals surface area contributed by atoms with Crippen LogP contribution in [0.3, 0.4) is 0 Å². The van der Waals surface area contributed by atoms with E-state index >= 15 is 0 Å². The molecule has 0 aliphatic rings. The Bertz CT molecular complexity index is 964. The first-order valence-electron chi connectivity index (χ1n) is 7.98. The summed E-state index contributed by atoms with van der Waals surface area (Å²) < 4.78 is 6.78. The summed E-state index contributed by atoms with van der Waals surface area (Å²) in [6, 6.07) is 13.5. The number of benzene rings is 2. The van der Waals surface area contributed by atoms with Gasteiger partial charge < -0.3 is 10.1 Å². The van der Waals surface area contributed by atoms with Gasteiger partial charge in [0.15, 0.2) is 6.61 Å². The molecule has 3 aromatic rings. The molecule has 0 saturated carbocycles. The lowest BCUT2D eigenvalue weighted by atomic mass is 10.2. The highest BCUT2D eigenvalue weighted by Crippen LogP contribution is 2.29. The van der Waals surface area contributed by atoms with E-state index in [-0.39, 0.29) is 5.69 Å². The average Bonchev–Trinajstić information content (AvgIpc) is 3.09. The quantitative estimate of drug-likeness (QED) is 0.645. The average molecular weight is 404 g/mol. The third kappa shape index (κ3) is 4.48. The fourth-order valence-corrected chi connectivity index (χ4v) is 2.88. The summed E-state index contributed by atoms with van der Waals surface area (Å²) in [6.07, 6.45) is 1.70. The van der Waals surface area contributed by atoms with Gasteiger partial charge in [0.05, 0.1) is 27.0 Å². The van der Waals surface area contributed by atoms with Gasteiger partial charge >= 0.3 is 5.97 Å². The van der Waals surface area contributed by atoms with Crippen LogP contribution in [0.5, 0.6) is 0 Å². The molecule has 0 bridgehead atoms. The summed E-state index contributed by atoms with van der Waals surface area (Å²) in [6.45, 7) is 1.47. The molecule has 6 nitrogen and oxygen atoms in total. The number of esters is 1. The minimum absolute atomic E-state index is 0.279. The van der Waals surface area contributed by atoms with Gasteiger partial charge in [-0.3, -0.25) is 4.79 Å². The van der Waals surface area contributed by atoms with E-state index in [2.05, 4.69) is 10.4 Å². The van der Waals surface area contributed by atoms with Crippen molar-refractivity contribution in [3.8, 4) is 5.69 Å². The van der Waals surface area contributed by atoms with E-state index in [0.717, 1.165) is 11.4 Å². The third-order valence-corrected chi connectivity index (χ3v) is 4.37. The van der Waals surface area contributed by atoms with Crippen LogP contribution >= 0.6 is 23.2 Å². The van der Waals surface area contributed by atoms with Crippen molar-refractivity contribution < 1.29 is 14.3 Å². The first kappa shape index (κ1) is 18.9. The molecule has 1 aromatic heterocycles. The second-order valence-corrected chi connectivity index (χ2v) is 6.47. The number of aromatic nitrogens is 2. The molecule has 3 rings (SSSR count). The van der Waals surface area contributed by atoms with Crippen LogP contribution in [0.1, 0.15) is 16.1 Å².